The van der Waals surface area contributed by atoms with E-state index < -0.39 is 24.0 Å². The number of esters is 1. The van der Waals surface area contributed by atoms with Crippen LogP contribution in [-0.2, 0) is 25.7 Å². The molecule has 1 fully saturated rings. The summed E-state index contributed by atoms with van der Waals surface area (Å²) in [7, 11) is 0. The maximum atomic E-state index is 12.3. The molecule has 2 atom stereocenters. The molecule has 1 heterocycles. The first-order valence-corrected chi connectivity index (χ1v) is 7.96. The Kier molecular flexibility index (Phi) is 6.17. The van der Waals surface area contributed by atoms with E-state index in [1.807, 2.05) is 30.3 Å². The molecule has 0 aliphatic carbocycles. The Hall–Kier alpha value is -2.57. The lowest BCUT2D eigenvalue weighted by Crippen LogP contribution is -2.53. The van der Waals surface area contributed by atoms with Gasteiger partial charge in [-0.15, -0.1) is 0 Å². The Morgan fingerprint density at radius 1 is 1.21 bits per heavy atom. The van der Waals surface area contributed by atoms with Gasteiger partial charge in [0.25, 0.3) is 0 Å². The molecule has 1 saturated heterocycles. The van der Waals surface area contributed by atoms with Crippen molar-refractivity contribution in [2.24, 2.45) is 11.7 Å². The number of likely N-dealkylation sites (tertiary alicyclic amines) is 1. The highest BCUT2D eigenvalue weighted by atomic mass is 16.6. The highest BCUT2D eigenvalue weighted by molar-refractivity contribution is 5.85. The molecule has 1 aromatic carbocycles. The van der Waals surface area contributed by atoms with E-state index in [2.05, 4.69) is 0 Å². The number of hydrogen-bond donors (Lipinski definition) is 1. The molecule has 0 aromatic heterocycles. The number of piperidine rings is 1. The molecule has 1 aliphatic rings. The second-order valence-corrected chi connectivity index (χ2v) is 5.63. The van der Waals surface area contributed by atoms with Crippen molar-refractivity contribution in [3.8, 4) is 0 Å². The number of amides is 2. The number of ether oxygens (including phenoxy) is 2. The fourth-order valence-electron chi connectivity index (χ4n) is 2.73. The van der Waals surface area contributed by atoms with Crippen molar-refractivity contribution in [1.29, 1.82) is 0 Å². The summed E-state index contributed by atoms with van der Waals surface area (Å²) in [4.78, 5) is 37.1. The van der Waals surface area contributed by atoms with E-state index in [0.29, 0.717) is 6.42 Å². The quantitative estimate of drug-likeness (QED) is 0.822. The van der Waals surface area contributed by atoms with Gasteiger partial charge >= 0.3 is 12.1 Å². The fraction of sp³-hybridized carbons (Fsp3) is 0.471. The number of nitrogens with zero attached hydrogens (tertiary/aromatic N) is 1. The zero-order valence-corrected chi connectivity index (χ0v) is 13.6. The summed E-state index contributed by atoms with van der Waals surface area (Å²) in [5, 5.41) is 0. The Bertz CT molecular complexity index is 590. The molecule has 2 rings (SSSR count). The number of nitrogens with two attached hydrogens (primary N) is 1. The van der Waals surface area contributed by atoms with Crippen molar-refractivity contribution >= 4 is 18.0 Å². The first kappa shape index (κ1) is 17.8. The number of carbonyl (C=O) groups excluding carboxylic acids is 3. The second kappa shape index (κ2) is 8.33. The van der Waals surface area contributed by atoms with Crippen molar-refractivity contribution in [1.82, 2.24) is 4.90 Å². The molecule has 0 radical (unpaired) electrons. The highest BCUT2D eigenvalue weighted by Crippen LogP contribution is 2.25. The van der Waals surface area contributed by atoms with Gasteiger partial charge in [0.1, 0.15) is 12.6 Å². The number of primary amides is 1. The molecule has 0 spiro atoms. The average Bonchev–Trinajstić information content (AvgIpc) is 2.60. The summed E-state index contributed by atoms with van der Waals surface area (Å²) in [6.07, 6.45) is -0.0255. The summed E-state index contributed by atoms with van der Waals surface area (Å²) in [6.45, 7) is 2.34. The Morgan fingerprint density at radius 2 is 1.92 bits per heavy atom. The van der Waals surface area contributed by atoms with Crippen molar-refractivity contribution in [3.05, 3.63) is 35.9 Å². The summed E-state index contributed by atoms with van der Waals surface area (Å²) in [6, 6.07) is 8.38. The molecule has 24 heavy (non-hydrogen) atoms. The topological polar surface area (TPSA) is 98.9 Å². The lowest BCUT2D eigenvalue weighted by molar-refractivity contribution is -0.150. The van der Waals surface area contributed by atoms with Gasteiger partial charge in [-0.25, -0.2) is 4.79 Å². The Labute approximate surface area is 140 Å². The Morgan fingerprint density at radius 3 is 2.54 bits per heavy atom. The van der Waals surface area contributed by atoms with E-state index in [9.17, 15) is 14.4 Å². The molecule has 1 aromatic rings. The van der Waals surface area contributed by atoms with Crippen LogP contribution in [-0.4, -0.2) is 42.1 Å². The van der Waals surface area contributed by atoms with Crippen molar-refractivity contribution < 1.29 is 23.9 Å². The second-order valence-electron chi connectivity index (χ2n) is 5.63. The van der Waals surface area contributed by atoms with Gasteiger partial charge in [-0.3, -0.25) is 14.5 Å². The smallest absolute Gasteiger partial charge is 0.410 e. The lowest BCUT2D eigenvalue weighted by Gasteiger charge is -2.36. The minimum Gasteiger partial charge on any atom is -0.466 e. The van der Waals surface area contributed by atoms with Crippen LogP contribution in [0.4, 0.5) is 4.79 Å². The van der Waals surface area contributed by atoms with E-state index in [1.54, 1.807) is 6.92 Å². The molecule has 0 saturated carbocycles. The maximum Gasteiger partial charge on any atom is 0.410 e. The van der Waals surface area contributed by atoms with Crippen LogP contribution in [0.15, 0.2) is 30.3 Å². The third-order valence-electron chi connectivity index (χ3n) is 3.99. The summed E-state index contributed by atoms with van der Waals surface area (Å²) in [5.74, 6) is -1.44. The molecular weight excluding hydrogens is 312 g/mol. The SMILES string of the molecule is CCOC(=O)[C@@H]1CCN(C(=O)OCc2ccccc2)[C@@H](C(N)=O)C1. The largest absolute Gasteiger partial charge is 0.466 e. The number of benzene rings is 1. The predicted molar refractivity (Wildman–Crippen MR) is 85.7 cm³/mol. The molecule has 0 unspecified atom stereocenters. The summed E-state index contributed by atoms with van der Waals surface area (Å²) in [5.41, 5.74) is 6.25. The van der Waals surface area contributed by atoms with Gasteiger partial charge in [0, 0.05) is 6.54 Å². The monoisotopic (exact) mass is 334 g/mol. The first-order valence-electron chi connectivity index (χ1n) is 7.96. The van der Waals surface area contributed by atoms with Crippen LogP contribution in [0.1, 0.15) is 25.3 Å². The van der Waals surface area contributed by atoms with Crippen LogP contribution in [0.5, 0.6) is 0 Å². The lowest BCUT2D eigenvalue weighted by atomic mass is 9.90. The molecule has 130 valence electrons. The van der Waals surface area contributed by atoms with Gasteiger partial charge in [0.2, 0.25) is 5.91 Å². The van der Waals surface area contributed by atoms with Gasteiger partial charge < -0.3 is 15.2 Å². The normalized spacial score (nSPS) is 20.3. The Balaban J connectivity index is 1.97. The molecule has 1 aliphatic heterocycles. The van der Waals surface area contributed by atoms with Gasteiger partial charge in [-0.1, -0.05) is 30.3 Å². The zero-order valence-electron chi connectivity index (χ0n) is 13.6. The molecule has 2 N–H and O–H groups in total. The van der Waals surface area contributed by atoms with Gasteiger partial charge in [0.15, 0.2) is 0 Å². The van der Waals surface area contributed by atoms with Crippen LogP contribution in [0.2, 0.25) is 0 Å². The molecule has 7 nitrogen and oxygen atoms in total. The van der Waals surface area contributed by atoms with Crippen LogP contribution in [0, 0.1) is 5.92 Å². The first-order chi connectivity index (χ1) is 11.5. The van der Waals surface area contributed by atoms with Crippen LogP contribution >= 0.6 is 0 Å². The number of hydrogen-bond acceptors (Lipinski definition) is 5. The number of rotatable bonds is 5. The zero-order chi connectivity index (χ0) is 17.5. The molecule has 2 amide bonds. The van der Waals surface area contributed by atoms with E-state index in [0.717, 1.165) is 5.56 Å². The standard InChI is InChI=1S/C17H22N2O5/c1-2-23-16(21)13-8-9-19(14(10-13)15(18)20)17(22)24-11-12-6-4-3-5-7-12/h3-7,13-14H,2,8-11H2,1H3,(H2,18,20)/t13-,14-/m1/s1. The minimum absolute atomic E-state index is 0.114. The summed E-state index contributed by atoms with van der Waals surface area (Å²) < 4.78 is 10.2. The fourth-order valence-corrected chi connectivity index (χ4v) is 2.73. The third-order valence-corrected chi connectivity index (χ3v) is 3.99. The van der Waals surface area contributed by atoms with Crippen LogP contribution in [0.25, 0.3) is 0 Å². The summed E-state index contributed by atoms with van der Waals surface area (Å²) >= 11 is 0. The predicted octanol–water partition coefficient (Wildman–Crippen LogP) is 1.45. The van der Waals surface area contributed by atoms with Gasteiger partial charge in [-0.2, -0.15) is 0 Å². The van der Waals surface area contributed by atoms with Crippen LogP contribution in [0.3, 0.4) is 0 Å². The molecule has 0 bridgehead atoms. The molecule has 7 heteroatoms. The molecular formula is C17H22N2O5. The van der Waals surface area contributed by atoms with Gasteiger partial charge in [0.05, 0.1) is 12.5 Å². The minimum atomic E-state index is -0.864. The highest BCUT2D eigenvalue weighted by Gasteiger charge is 2.39. The maximum absolute atomic E-state index is 12.3. The van der Waals surface area contributed by atoms with Crippen molar-refractivity contribution in [3.63, 3.8) is 0 Å². The third kappa shape index (κ3) is 4.47. The number of carbonyl (C=O) groups is 3. The van der Waals surface area contributed by atoms with E-state index >= 15 is 0 Å². The van der Waals surface area contributed by atoms with Crippen molar-refractivity contribution in [2.45, 2.75) is 32.4 Å². The van der Waals surface area contributed by atoms with Crippen molar-refractivity contribution in [2.75, 3.05) is 13.2 Å². The van der Waals surface area contributed by atoms with Gasteiger partial charge in [-0.05, 0) is 25.3 Å². The van der Waals surface area contributed by atoms with E-state index in [-0.39, 0.29) is 32.1 Å². The van der Waals surface area contributed by atoms with E-state index in [4.69, 9.17) is 15.2 Å². The van der Waals surface area contributed by atoms with E-state index in [1.165, 1.54) is 4.90 Å². The van der Waals surface area contributed by atoms with Crippen LogP contribution < -0.4 is 5.73 Å². The average molecular weight is 334 g/mol.